The van der Waals surface area contributed by atoms with Gasteiger partial charge < -0.3 is 4.57 Å². The Morgan fingerprint density at radius 2 is 2.16 bits per heavy atom. The Morgan fingerprint density at radius 1 is 1.42 bits per heavy atom. The molecule has 1 heterocycles. The highest BCUT2D eigenvalue weighted by molar-refractivity contribution is 7.88. The monoisotopic (exact) mass is 301 g/mol. The molecule has 0 spiro atoms. The zero-order valence-electron chi connectivity index (χ0n) is 10.9. The Labute approximate surface area is 117 Å². The van der Waals surface area contributed by atoms with Crippen molar-refractivity contribution in [1.82, 2.24) is 14.3 Å². The van der Waals surface area contributed by atoms with E-state index < -0.39 is 10.0 Å². The van der Waals surface area contributed by atoms with Gasteiger partial charge in [-0.3, -0.25) is 0 Å². The quantitative estimate of drug-likeness (QED) is 0.854. The molecule has 1 N–H and O–H groups in total. The van der Waals surface area contributed by atoms with E-state index in [-0.39, 0.29) is 0 Å². The molecule has 0 radical (unpaired) electrons. The maximum Gasteiger partial charge on any atom is 0.208 e. The largest absolute Gasteiger partial charge is 0.326 e. The minimum Gasteiger partial charge on any atom is -0.326 e. The molecule has 1 aromatic carbocycles. The van der Waals surface area contributed by atoms with Gasteiger partial charge in [-0.05, 0) is 18.6 Å². The molecule has 0 aliphatic carbocycles. The average Bonchev–Trinajstić information content (AvgIpc) is 2.68. The average molecular weight is 302 g/mol. The van der Waals surface area contributed by atoms with Crippen molar-refractivity contribution in [1.29, 1.82) is 0 Å². The summed E-state index contributed by atoms with van der Waals surface area (Å²) in [6.07, 6.45) is 1.14. The van der Waals surface area contributed by atoms with Crippen LogP contribution < -0.4 is 4.72 Å². The Balaban J connectivity index is 2.33. The fourth-order valence-electron chi connectivity index (χ4n) is 2.03. The fourth-order valence-corrected chi connectivity index (χ4v) is 2.70. The first-order valence-corrected chi connectivity index (χ1v) is 8.30. The number of sulfonamides is 1. The normalized spacial score (nSPS) is 12.2. The third-order valence-electron chi connectivity index (χ3n) is 2.88. The first kappa shape index (κ1) is 14.3. The van der Waals surface area contributed by atoms with Crippen LogP contribution in [0.4, 0.5) is 0 Å². The lowest BCUT2D eigenvalue weighted by Crippen LogP contribution is -2.26. The van der Waals surface area contributed by atoms with Crippen molar-refractivity contribution < 1.29 is 8.42 Å². The zero-order valence-corrected chi connectivity index (χ0v) is 12.4. The van der Waals surface area contributed by atoms with Crippen LogP contribution in [0.15, 0.2) is 18.2 Å². The molecule has 2 rings (SSSR count). The van der Waals surface area contributed by atoms with Crippen LogP contribution in [0.3, 0.4) is 0 Å². The van der Waals surface area contributed by atoms with Gasteiger partial charge in [-0.25, -0.2) is 18.1 Å². The molecule has 104 valence electrons. The van der Waals surface area contributed by atoms with Gasteiger partial charge in [0.1, 0.15) is 5.82 Å². The number of halogens is 1. The molecule has 0 saturated heterocycles. The molecule has 0 bridgehead atoms. The molecule has 1 aromatic heterocycles. The van der Waals surface area contributed by atoms with Crippen molar-refractivity contribution in [2.24, 2.45) is 0 Å². The summed E-state index contributed by atoms with van der Waals surface area (Å²) in [7, 11) is -3.18. The smallest absolute Gasteiger partial charge is 0.208 e. The molecule has 0 saturated carbocycles. The lowest BCUT2D eigenvalue weighted by molar-refractivity contribution is 0.578. The van der Waals surface area contributed by atoms with Crippen LogP contribution in [0, 0.1) is 6.92 Å². The summed E-state index contributed by atoms with van der Waals surface area (Å²) in [5.74, 6) is 1.05. The van der Waals surface area contributed by atoms with E-state index in [0.717, 1.165) is 28.7 Å². The SMILES string of the molecule is Cc1cccc2c1nc(CCl)n2CCNS(C)(=O)=O. The molecule has 0 amide bonds. The number of rotatable bonds is 5. The molecule has 0 unspecified atom stereocenters. The van der Waals surface area contributed by atoms with Crippen LogP contribution in [0.2, 0.25) is 0 Å². The van der Waals surface area contributed by atoms with Crippen LogP contribution in [-0.2, 0) is 22.4 Å². The highest BCUT2D eigenvalue weighted by Crippen LogP contribution is 2.20. The van der Waals surface area contributed by atoms with Crippen LogP contribution in [0.25, 0.3) is 11.0 Å². The summed E-state index contributed by atoms with van der Waals surface area (Å²) < 4.78 is 26.6. The first-order chi connectivity index (χ1) is 8.92. The molecule has 0 fully saturated rings. The van der Waals surface area contributed by atoms with Crippen LogP contribution >= 0.6 is 11.6 Å². The van der Waals surface area contributed by atoms with Crippen LogP contribution in [0.1, 0.15) is 11.4 Å². The van der Waals surface area contributed by atoms with Gasteiger partial charge in [0.05, 0.1) is 23.2 Å². The lowest BCUT2D eigenvalue weighted by atomic mass is 10.2. The van der Waals surface area contributed by atoms with Crippen molar-refractivity contribution in [3.8, 4) is 0 Å². The lowest BCUT2D eigenvalue weighted by Gasteiger charge is -2.08. The summed E-state index contributed by atoms with van der Waals surface area (Å²) in [6.45, 7) is 2.82. The standard InChI is InChI=1S/C12H16ClN3O2S/c1-9-4-3-5-10-12(9)15-11(8-13)16(10)7-6-14-19(2,17)18/h3-5,14H,6-8H2,1-2H3. The molecule has 0 aliphatic rings. The van der Waals surface area contributed by atoms with Gasteiger partial charge in [-0.2, -0.15) is 0 Å². The third-order valence-corrected chi connectivity index (χ3v) is 3.85. The number of benzene rings is 1. The third kappa shape index (κ3) is 3.26. The van der Waals surface area contributed by atoms with Gasteiger partial charge >= 0.3 is 0 Å². The van der Waals surface area contributed by atoms with E-state index in [1.54, 1.807) is 0 Å². The molecular formula is C12H16ClN3O2S. The summed E-state index contributed by atoms with van der Waals surface area (Å²) in [6, 6.07) is 5.91. The van der Waals surface area contributed by atoms with Gasteiger partial charge in [-0.1, -0.05) is 12.1 Å². The minimum atomic E-state index is -3.18. The summed E-state index contributed by atoms with van der Waals surface area (Å²) >= 11 is 5.90. The number of aryl methyl sites for hydroxylation is 1. The number of hydrogen-bond donors (Lipinski definition) is 1. The second kappa shape index (κ2) is 5.48. The second-order valence-corrected chi connectivity index (χ2v) is 6.52. The number of nitrogens with one attached hydrogen (secondary N) is 1. The van der Waals surface area contributed by atoms with E-state index in [2.05, 4.69) is 9.71 Å². The second-order valence-electron chi connectivity index (χ2n) is 4.42. The van der Waals surface area contributed by atoms with E-state index in [1.165, 1.54) is 0 Å². The van der Waals surface area contributed by atoms with Gasteiger partial charge in [0, 0.05) is 13.1 Å². The number of fused-ring (bicyclic) bond motifs is 1. The van der Waals surface area contributed by atoms with Crippen LogP contribution in [0.5, 0.6) is 0 Å². The van der Waals surface area contributed by atoms with Crippen LogP contribution in [-0.4, -0.2) is 30.8 Å². The minimum absolute atomic E-state index is 0.299. The molecule has 0 atom stereocenters. The topological polar surface area (TPSA) is 64.0 Å². The molecule has 2 aromatic rings. The number of alkyl halides is 1. The Hall–Kier alpha value is -1.11. The Morgan fingerprint density at radius 3 is 2.79 bits per heavy atom. The predicted octanol–water partition coefficient (Wildman–Crippen LogP) is 1.63. The highest BCUT2D eigenvalue weighted by Gasteiger charge is 2.11. The molecule has 5 nitrogen and oxygen atoms in total. The predicted molar refractivity (Wildman–Crippen MR) is 76.9 cm³/mol. The first-order valence-electron chi connectivity index (χ1n) is 5.87. The summed E-state index contributed by atoms with van der Waals surface area (Å²) in [5, 5.41) is 0. The summed E-state index contributed by atoms with van der Waals surface area (Å²) in [5.41, 5.74) is 2.97. The van der Waals surface area contributed by atoms with Crippen molar-refractivity contribution in [2.45, 2.75) is 19.3 Å². The molecule has 7 heteroatoms. The Kier molecular flexibility index (Phi) is 4.13. The van der Waals surface area contributed by atoms with Gasteiger partial charge in [0.15, 0.2) is 0 Å². The maximum absolute atomic E-state index is 11.1. The maximum atomic E-state index is 11.1. The van der Waals surface area contributed by atoms with Crippen molar-refractivity contribution in [2.75, 3.05) is 12.8 Å². The van der Waals surface area contributed by atoms with Crippen molar-refractivity contribution in [3.63, 3.8) is 0 Å². The van der Waals surface area contributed by atoms with Gasteiger partial charge in [0.2, 0.25) is 10.0 Å². The van der Waals surface area contributed by atoms with E-state index >= 15 is 0 Å². The van der Waals surface area contributed by atoms with Crippen molar-refractivity contribution in [3.05, 3.63) is 29.6 Å². The van der Waals surface area contributed by atoms with E-state index in [9.17, 15) is 8.42 Å². The number of nitrogens with zero attached hydrogens (tertiary/aromatic N) is 2. The number of imidazole rings is 1. The molecule has 19 heavy (non-hydrogen) atoms. The van der Waals surface area contributed by atoms with Gasteiger partial charge in [0.25, 0.3) is 0 Å². The number of para-hydroxylation sites is 1. The van der Waals surface area contributed by atoms with E-state index in [4.69, 9.17) is 11.6 Å². The molecular weight excluding hydrogens is 286 g/mol. The number of hydrogen-bond acceptors (Lipinski definition) is 3. The Bertz CT molecular complexity index is 694. The fraction of sp³-hybridized carbons (Fsp3) is 0.417. The van der Waals surface area contributed by atoms with Crippen molar-refractivity contribution >= 4 is 32.7 Å². The van der Waals surface area contributed by atoms with Gasteiger partial charge in [-0.15, -0.1) is 11.6 Å². The van der Waals surface area contributed by atoms with E-state index in [0.29, 0.717) is 19.0 Å². The van der Waals surface area contributed by atoms with E-state index in [1.807, 2.05) is 29.7 Å². The summed E-state index contributed by atoms with van der Waals surface area (Å²) in [4.78, 5) is 4.50. The molecule has 0 aliphatic heterocycles. The number of aromatic nitrogens is 2. The highest BCUT2D eigenvalue weighted by atomic mass is 35.5. The zero-order chi connectivity index (χ0) is 14.0.